The van der Waals surface area contributed by atoms with E-state index in [1.54, 1.807) is 0 Å². The zero-order valence-corrected chi connectivity index (χ0v) is 9.10. The minimum absolute atomic E-state index is 0. The standard InChI is InChI=1S/C9H9F4NO2.ClH/c10-5-3-4(1-2-6(5)15)7(14)8(16)9(11,12)13;/h1-3,7-8,15-16H,14H2;1H/t7-,8-;/m0./s1. The second kappa shape index (κ2) is 5.52. The zero-order chi connectivity index (χ0) is 12.5. The number of phenolic OH excluding ortho intramolecular Hbond substituents is 1. The van der Waals surface area contributed by atoms with Crippen LogP contribution in [0, 0.1) is 5.82 Å². The number of benzene rings is 1. The summed E-state index contributed by atoms with van der Waals surface area (Å²) in [5.41, 5.74) is 4.88. The van der Waals surface area contributed by atoms with E-state index in [4.69, 9.17) is 15.9 Å². The molecular weight excluding hydrogens is 266 g/mol. The average Bonchev–Trinajstić information content (AvgIpc) is 2.18. The lowest BCUT2D eigenvalue weighted by atomic mass is 10.0. The maximum Gasteiger partial charge on any atom is 0.416 e. The van der Waals surface area contributed by atoms with Gasteiger partial charge in [-0.2, -0.15) is 13.2 Å². The fraction of sp³-hybridized carbons (Fsp3) is 0.333. The van der Waals surface area contributed by atoms with Gasteiger partial charge in [0.25, 0.3) is 0 Å². The van der Waals surface area contributed by atoms with Crippen molar-refractivity contribution in [3.05, 3.63) is 29.6 Å². The second-order valence-electron chi connectivity index (χ2n) is 3.22. The summed E-state index contributed by atoms with van der Waals surface area (Å²) >= 11 is 0. The highest BCUT2D eigenvalue weighted by molar-refractivity contribution is 5.85. The molecule has 98 valence electrons. The van der Waals surface area contributed by atoms with Gasteiger partial charge in [0.1, 0.15) is 0 Å². The lowest BCUT2D eigenvalue weighted by molar-refractivity contribution is -0.210. The molecule has 1 aromatic rings. The molecule has 0 aromatic heterocycles. The molecule has 0 spiro atoms. The molecule has 0 aliphatic carbocycles. The Balaban J connectivity index is 0.00000256. The van der Waals surface area contributed by atoms with Gasteiger partial charge in [0, 0.05) is 0 Å². The van der Waals surface area contributed by atoms with E-state index in [1.807, 2.05) is 0 Å². The summed E-state index contributed by atoms with van der Waals surface area (Å²) in [6.07, 6.45) is -7.66. The largest absolute Gasteiger partial charge is 0.505 e. The van der Waals surface area contributed by atoms with E-state index in [2.05, 4.69) is 0 Å². The SMILES string of the molecule is Cl.N[C@@H](c1ccc(O)c(F)c1)[C@H](O)C(F)(F)F. The quantitative estimate of drug-likeness (QED) is 0.722. The normalized spacial score (nSPS) is 14.9. The first-order valence-corrected chi connectivity index (χ1v) is 4.22. The molecule has 8 heteroatoms. The Kier molecular flexibility index (Phi) is 5.18. The predicted molar refractivity (Wildman–Crippen MR) is 54.3 cm³/mol. The number of hydrogen-bond donors (Lipinski definition) is 3. The summed E-state index contributed by atoms with van der Waals surface area (Å²) in [7, 11) is 0. The molecule has 0 radical (unpaired) electrons. The molecular formula is C9H10ClF4NO2. The van der Waals surface area contributed by atoms with Crippen molar-refractivity contribution in [2.75, 3.05) is 0 Å². The number of nitrogens with two attached hydrogens (primary N) is 1. The van der Waals surface area contributed by atoms with Gasteiger partial charge in [0.2, 0.25) is 0 Å². The van der Waals surface area contributed by atoms with Gasteiger partial charge < -0.3 is 15.9 Å². The van der Waals surface area contributed by atoms with Crippen molar-refractivity contribution in [1.29, 1.82) is 0 Å². The van der Waals surface area contributed by atoms with Crippen molar-refractivity contribution in [2.24, 2.45) is 5.73 Å². The molecule has 0 fully saturated rings. The maximum absolute atomic E-state index is 12.8. The summed E-state index contributed by atoms with van der Waals surface area (Å²) in [4.78, 5) is 0. The Morgan fingerprint density at radius 2 is 1.76 bits per heavy atom. The molecule has 0 unspecified atom stereocenters. The van der Waals surface area contributed by atoms with Gasteiger partial charge >= 0.3 is 6.18 Å². The lowest BCUT2D eigenvalue weighted by Gasteiger charge is -2.21. The second-order valence-corrected chi connectivity index (χ2v) is 3.22. The molecule has 0 heterocycles. The van der Waals surface area contributed by atoms with Crippen LogP contribution in [0.15, 0.2) is 18.2 Å². The van der Waals surface area contributed by atoms with E-state index < -0.39 is 29.9 Å². The van der Waals surface area contributed by atoms with E-state index in [-0.39, 0.29) is 18.0 Å². The summed E-state index contributed by atoms with van der Waals surface area (Å²) in [5.74, 6) is -1.79. The third-order valence-electron chi connectivity index (χ3n) is 2.03. The molecule has 17 heavy (non-hydrogen) atoms. The molecule has 4 N–H and O–H groups in total. The fourth-order valence-corrected chi connectivity index (χ4v) is 1.12. The van der Waals surface area contributed by atoms with Crippen molar-refractivity contribution in [3.8, 4) is 5.75 Å². The van der Waals surface area contributed by atoms with Gasteiger partial charge in [0.15, 0.2) is 17.7 Å². The summed E-state index contributed by atoms with van der Waals surface area (Å²) in [5, 5.41) is 17.7. The van der Waals surface area contributed by atoms with Crippen LogP contribution in [0.5, 0.6) is 5.75 Å². The van der Waals surface area contributed by atoms with Crippen LogP contribution in [-0.4, -0.2) is 22.5 Å². The Morgan fingerprint density at radius 3 is 2.18 bits per heavy atom. The van der Waals surface area contributed by atoms with E-state index in [9.17, 15) is 17.6 Å². The number of aliphatic hydroxyl groups is 1. The third-order valence-corrected chi connectivity index (χ3v) is 2.03. The molecule has 3 nitrogen and oxygen atoms in total. The summed E-state index contributed by atoms with van der Waals surface area (Å²) in [6, 6.07) is 0.732. The van der Waals surface area contributed by atoms with E-state index in [0.717, 1.165) is 12.1 Å². The highest BCUT2D eigenvalue weighted by Gasteiger charge is 2.42. The zero-order valence-electron chi connectivity index (χ0n) is 8.28. The lowest BCUT2D eigenvalue weighted by Crippen LogP contribution is -2.38. The van der Waals surface area contributed by atoms with Crippen molar-refractivity contribution >= 4 is 12.4 Å². The first-order valence-electron chi connectivity index (χ1n) is 4.22. The number of rotatable bonds is 2. The molecule has 2 atom stereocenters. The Morgan fingerprint density at radius 1 is 1.24 bits per heavy atom. The van der Waals surface area contributed by atoms with Crippen molar-refractivity contribution in [1.82, 2.24) is 0 Å². The van der Waals surface area contributed by atoms with E-state index in [0.29, 0.717) is 6.07 Å². The first-order chi connectivity index (χ1) is 7.23. The van der Waals surface area contributed by atoms with Crippen molar-refractivity contribution in [3.63, 3.8) is 0 Å². The van der Waals surface area contributed by atoms with Crippen LogP contribution in [0.4, 0.5) is 17.6 Å². The topological polar surface area (TPSA) is 66.5 Å². The highest BCUT2D eigenvalue weighted by atomic mass is 35.5. The van der Waals surface area contributed by atoms with Gasteiger partial charge in [-0.05, 0) is 17.7 Å². The van der Waals surface area contributed by atoms with Crippen LogP contribution in [0.1, 0.15) is 11.6 Å². The Bertz CT molecular complexity index is 386. The Labute approximate surface area is 100 Å². The van der Waals surface area contributed by atoms with Crippen LogP contribution >= 0.6 is 12.4 Å². The van der Waals surface area contributed by atoms with Gasteiger partial charge in [-0.1, -0.05) is 6.07 Å². The molecule has 0 bridgehead atoms. The number of alkyl halides is 3. The summed E-state index contributed by atoms with van der Waals surface area (Å²) < 4.78 is 49.1. The molecule has 0 aliphatic rings. The summed E-state index contributed by atoms with van der Waals surface area (Å²) in [6.45, 7) is 0. The third kappa shape index (κ3) is 3.72. The van der Waals surface area contributed by atoms with Gasteiger partial charge in [0.05, 0.1) is 6.04 Å². The van der Waals surface area contributed by atoms with Crippen molar-refractivity contribution in [2.45, 2.75) is 18.3 Å². The van der Waals surface area contributed by atoms with E-state index >= 15 is 0 Å². The van der Waals surface area contributed by atoms with Gasteiger partial charge in [-0.15, -0.1) is 12.4 Å². The monoisotopic (exact) mass is 275 g/mol. The minimum atomic E-state index is -4.88. The number of aromatic hydroxyl groups is 1. The number of hydrogen-bond acceptors (Lipinski definition) is 3. The molecule has 0 amide bonds. The number of phenols is 1. The Hall–Kier alpha value is -1.05. The van der Waals surface area contributed by atoms with Gasteiger partial charge in [-0.25, -0.2) is 4.39 Å². The number of halogens is 5. The van der Waals surface area contributed by atoms with E-state index in [1.165, 1.54) is 0 Å². The highest BCUT2D eigenvalue weighted by Crippen LogP contribution is 2.30. The maximum atomic E-state index is 12.8. The molecule has 1 aromatic carbocycles. The molecule has 0 aliphatic heterocycles. The van der Waals surface area contributed by atoms with Crippen LogP contribution in [0.3, 0.4) is 0 Å². The van der Waals surface area contributed by atoms with Crippen LogP contribution in [-0.2, 0) is 0 Å². The van der Waals surface area contributed by atoms with Gasteiger partial charge in [-0.3, -0.25) is 0 Å². The molecule has 1 rings (SSSR count). The van der Waals surface area contributed by atoms with Crippen LogP contribution in [0.2, 0.25) is 0 Å². The van der Waals surface area contributed by atoms with Crippen molar-refractivity contribution < 1.29 is 27.8 Å². The first kappa shape index (κ1) is 16.0. The predicted octanol–water partition coefficient (Wildman–Crippen LogP) is 1.88. The fourth-order valence-electron chi connectivity index (χ4n) is 1.12. The number of aliphatic hydroxyl groups excluding tert-OH is 1. The average molecular weight is 276 g/mol. The molecule has 0 saturated heterocycles. The minimum Gasteiger partial charge on any atom is -0.505 e. The van der Waals surface area contributed by atoms with Crippen LogP contribution in [0.25, 0.3) is 0 Å². The van der Waals surface area contributed by atoms with Crippen LogP contribution < -0.4 is 5.73 Å². The molecule has 0 saturated carbocycles. The smallest absolute Gasteiger partial charge is 0.416 e.